The summed E-state index contributed by atoms with van der Waals surface area (Å²) in [6, 6.07) is 9.19. The lowest BCUT2D eigenvalue weighted by Crippen LogP contribution is -2.45. The molecule has 2 N–H and O–H groups in total. The first kappa shape index (κ1) is 19.5. The predicted molar refractivity (Wildman–Crippen MR) is 94.1 cm³/mol. The van der Waals surface area contributed by atoms with Crippen LogP contribution in [0.4, 0.5) is 4.79 Å². The van der Waals surface area contributed by atoms with Gasteiger partial charge in [0.1, 0.15) is 9.84 Å². The summed E-state index contributed by atoms with van der Waals surface area (Å²) >= 11 is 0. The van der Waals surface area contributed by atoms with E-state index in [0.29, 0.717) is 6.42 Å². The molecule has 5 nitrogen and oxygen atoms in total. The first-order chi connectivity index (χ1) is 10.5. The second-order valence-corrected chi connectivity index (χ2v) is 9.41. The second kappa shape index (κ2) is 7.81. The Morgan fingerprint density at radius 2 is 1.70 bits per heavy atom. The minimum absolute atomic E-state index is 0.0653. The standard InChI is InChI=1S/C17H28N2O3S/c1-13(11-12-23(5,21)22)18-16(20)19-15(17(2,3)4)14-9-7-6-8-10-14/h6-10,13,15H,11-12H2,1-5H3,(H2,18,19,20)/t13-,15-/m1/s1. The van der Waals surface area contributed by atoms with Crippen LogP contribution in [0.25, 0.3) is 0 Å². The van der Waals surface area contributed by atoms with E-state index in [1.807, 2.05) is 30.3 Å². The number of sulfone groups is 1. The van der Waals surface area contributed by atoms with Gasteiger partial charge in [-0.3, -0.25) is 0 Å². The number of rotatable bonds is 6. The van der Waals surface area contributed by atoms with Gasteiger partial charge in [-0.2, -0.15) is 0 Å². The Morgan fingerprint density at radius 1 is 1.13 bits per heavy atom. The first-order valence-corrected chi connectivity index (χ1v) is 9.85. The summed E-state index contributed by atoms with van der Waals surface area (Å²) in [7, 11) is -3.02. The Morgan fingerprint density at radius 3 is 2.17 bits per heavy atom. The SMILES string of the molecule is C[C@H](CCS(C)(=O)=O)NC(=O)N[C@H](c1ccccc1)C(C)(C)C. The van der Waals surface area contributed by atoms with E-state index in [2.05, 4.69) is 31.4 Å². The van der Waals surface area contributed by atoms with Crippen molar-refractivity contribution in [2.45, 2.75) is 46.2 Å². The molecule has 23 heavy (non-hydrogen) atoms. The molecular formula is C17H28N2O3S. The molecule has 0 unspecified atom stereocenters. The molecule has 1 aromatic rings. The Bertz CT molecular complexity index is 606. The normalized spacial score (nSPS) is 14.8. The molecule has 6 heteroatoms. The van der Waals surface area contributed by atoms with Gasteiger partial charge in [-0.15, -0.1) is 0 Å². The van der Waals surface area contributed by atoms with Crippen molar-refractivity contribution < 1.29 is 13.2 Å². The Kier molecular flexibility index (Phi) is 6.62. The zero-order valence-electron chi connectivity index (χ0n) is 14.6. The maximum atomic E-state index is 12.2. The van der Waals surface area contributed by atoms with Crippen LogP contribution in [0.3, 0.4) is 0 Å². The number of benzene rings is 1. The molecule has 0 saturated heterocycles. The molecule has 0 aromatic heterocycles. The molecule has 2 amide bonds. The van der Waals surface area contributed by atoms with Crippen LogP contribution in [0, 0.1) is 5.41 Å². The van der Waals surface area contributed by atoms with Gasteiger partial charge in [-0.25, -0.2) is 13.2 Å². The highest BCUT2D eigenvalue weighted by Crippen LogP contribution is 2.32. The van der Waals surface area contributed by atoms with Crippen molar-refractivity contribution in [3.8, 4) is 0 Å². The number of carbonyl (C=O) groups excluding carboxylic acids is 1. The Balaban J connectivity index is 2.68. The number of hydrogen-bond donors (Lipinski definition) is 2. The minimum Gasteiger partial charge on any atom is -0.336 e. The third kappa shape index (κ3) is 7.50. The summed E-state index contributed by atoms with van der Waals surface area (Å²) in [5, 5.41) is 5.81. The Labute approximate surface area is 139 Å². The van der Waals surface area contributed by atoms with Crippen LogP contribution in [0.5, 0.6) is 0 Å². The van der Waals surface area contributed by atoms with Crippen molar-refractivity contribution in [3.05, 3.63) is 35.9 Å². The lowest BCUT2D eigenvalue weighted by molar-refractivity contribution is 0.215. The quantitative estimate of drug-likeness (QED) is 0.836. The van der Waals surface area contributed by atoms with E-state index >= 15 is 0 Å². The predicted octanol–water partition coefficient (Wildman–Crippen LogP) is 2.90. The minimum atomic E-state index is -3.02. The van der Waals surface area contributed by atoms with E-state index in [0.717, 1.165) is 5.56 Å². The molecule has 0 aliphatic carbocycles. The van der Waals surface area contributed by atoms with Gasteiger partial charge in [0.25, 0.3) is 0 Å². The van der Waals surface area contributed by atoms with Gasteiger partial charge in [0.05, 0.1) is 11.8 Å². The summed E-state index contributed by atoms with van der Waals surface area (Å²) in [6.07, 6.45) is 1.60. The molecule has 1 rings (SSSR count). The van der Waals surface area contributed by atoms with E-state index < -0.39 is 9.84 Å². The third-order valence-electron chi connectivity index (χ3n) is 3.57. The van der Waals surface area contributed by atoms with Gasteiger partial charge in [0, 0.05) is 12.3 Å². The third-order valence-corrected chi connectivity index (χ3v) is 4.55. The van der Waals surface area contributed by atoms with E-state index in [4.69, 9.17) is 0 Å². The van der Waals surface area contributed by atoms with E-state index in [9.17, 15) is 13.2 Å². The fourth-order valence-corrected chi connectivity index (χ4v) is 3.09. The molecule has 0 radical (unpaired) electrons. The topological polar surface area (TPSA) is 75.3 Å². The summed E-state index contributed by atoms with van der Waals surface area (Å²) in [4.78, 5) is 12.2. The zero-order valence-corrected chi connectivity index (χ0v) is 15.4. The van der Waals surface area contributed by atoms with E-state index in [1.54, 1.807) is 6.92 Å². The number of urea groups is 1. The summed E-state index contributed by atoms with van der Waals surface area (Å²) < 4.78 is 22.4. The largest absolute Gasteiger partial charge is 0.336 e. The van der Waals surface area contributed by atoms with Crippen molar-refractivity contribution in [2.24, 2.45) is 5.41 Å². The highest BCUT2D eigenvalue weighted by atomic mass is 32.2. The van der Waals surface area contributed by atoms with Crippen LogP contribution < -0.4 is 10.6 Å². The number of amides is 2. The van der Waals surface area contributed by atoms with Gasteiger partial charge in [-0.05, 0) is 24.3 Å². The monoisotopic (exact) mass is 340 g/mol. The molecule has 0 spiro atoms. The van der Waals surface area contributed by atoms with Crippen molar-refractivity contribution in [1.29, 1.82) is 0 Å². The maximum absolute atomic E-state index is 12.2. The fourth-order valence-electron chi connectivity index (χ4n) is 2.30. The zero-order chi connectivity index (χ0) is 17.7. The lowest BCUT2D eigenvalue weighted by Gasteiger charge is -2.32. The average Bonchev–Trinajstić information content (AvgIpc) is 2.41. The van der Waals surface area contributed by atoms with Crippen molar-refractivity contribution in [2.75, 3.05) is 12.0 Å². The highest BCUT2D eigenvalue weighted by Gasteiger charge is 2.28. The van der Waals surface area contributed by atoms with Crippen molar-refractivity contribution in [1.82, 2.24) is 10.6 Å². The number of hydrogen-bond acceptors (Lipinski definition) is 3. The van der Waals surface area contributed by atoms with Crippen LogP contribution in [0.2, 0.25) is 0 Å². The summed E-state index contributed by atoms with van der Waals surface area (Å²) in [5.41, 5.74) is 0.897. The molecule has 2 atom stereocenters. The lowest BCUT2D eigenvalue weighted by atomic mass is 9.82. The van der Waals surface area contributed by atoms with Crippen LogP contribution in [-0.4, -0.2) is 32.5 Å². The molecule has 0 aliphatic heterocycles. The molecule has 130 valence electrons. The van der Waals surface area contributed by atoms with Gasteiger partial charge in [0.15, 0.2) is 0 Å². The van der Waals surface area contributed by atoms with Crippen LogP contribution >= 0.6 is 0 Å². The van der Waals surface area contributed by atoms with Crippen molar-refractivity contribution in [3.63, 3.8) is 0 Å². The van der Waals surface area contributed by atoms with Gasteiger partial charge < -0.3 is 10.6 Å². The van der Waals surface area contributed by atoms with Gasteiger partial charge in [0.2, 0.25) is 0 Å². The maximum Gasteiger partial charge on any atom is 0.315 e. The van der Waals surface area contributed by atoms with Gasteiger partial charge >= 0.3 is 6.03 Å². The number of nitrogens with one attached hydrogen (secondary N) is 2. The highest BCUT2D eigenvalue weighted by molar-refractivity contribution is 7.90. The van der Waals surface area contributed by atoms with Crippen LogP contribution in [0.15, 0.2) is 30.3 Å². The van der Waals surface area contributed by atoms with Crippen LogP contribution in [0.1, 0.15) is 45.7 Å². The van der Waals surface area contributed by atoms with Crippen LogP contribution in [-0.2, 0) is 9.84 Å². The fraction of sp³-hybridized carbons (Fsp3) is 0.588. The molecule has 0 bridgehead atoms. The number of carbonyl (C=O) groups is 1. The Hall–Kier alpha value is -1.56. The molecule has 0 aliphatic rings. The first-order valence-electron chi connectivity index (χ1n) is 7.79. The van der Waals surface area contributed by atoms with E-state index in [-0.39, 0.29) is 29.3 Å². The average molecular weight is 340 g/mol. The summed E-state index contributed by atoms with van der Waals surface area (Å²) in [5.74, 6) is 0.0653. The van der Waals surface area contributed by atoms with Gasteiger partial charge in [-0.1, -0.05) is 51.1 Å². The molecule has 0 fully saturated rings. The summed E-state index contributed by atoms with van der Waals surface area (Å²) in [6.45, 7) is 8.01. The smallest absolute Gasteiger partial charge is 0.315 e. The molecule has 0 heterocycles. The molecule has 0 saturated carbocycles. The molecule has 1 aromatic carbocycles. The van der Waals surface area contributed by atoms with Crippen molar-refractivity contribution >= 4 is 15.9 Å². The van der Waals surface area contributed by atoms with E-state index in [1.165, 1.54) is 6.26 Å². The molecular weight excluding hydrogens is 312 g/mol. The second-order valence-electron chi connectivity index (χ2n) is 7.15.